The predicted molar refractivity (Wildman–Crippen MR) is 96.8 cm³/mol. The molecule has 0 spiro atoms. The minimum atomic E-state index is -0.563. The lowest BCUT2D eigenvalue weighted by atomic mass is 10.2. The average Bonchev–Trinajstić information content (AvgIpc) is 3.09. The first-order chi connectivity index (χ1) is 12.6. The van der Waals surface area contributed by atoms with Gasteiger partial charge in [0.2, 0.25) is 0 Å². The Bertz CT molecular complexity index is 978. The third-order valence-electron chi connectivity index (χ3n) is 3.56. The minimum absolute atomic E-state index is 0.0742. The third kappa shape index (κ3) is 4.02. The molecular formula is C20H16N2O4. The summed E-state index contributed by atoms with van der Waals surface area (Å²) in [6.45, 7) is 0.224. The molecule has 0 aliphatic rings. The molecule has 3 N–H and O–H groups in total. The topological polar surface area (TPSA) is 94.6 Å². The van der Waals surface area contributed by atoms with E-state index >= 15 is 0 Å². The fourth-order valence-corrected chi connectivity index (χ4v) is 2.33. The van der Waals surface area contributed by atoms with Crippen molar-refractivity contribution in [2.24, 2.45) is 5.73 Å². The maximum Gasteiger partial charge on any atom is 0.287 e. The molecule has 2 amide bonds. The number of primary amides is 1. The van der Waals surface area contributed by atoms with Gasteiger partial charge in [-0.2, -0.15) is 0 Å². The molecular weight excluding hydrogens is 332 g/mol. The quantitative estimate of drug-likeness (QED) is 0.692. The maximum absolute atomic E-state index is 12.0. The van der Waals surface area contributed by atoms with E-state index in [9.17, 15) is 9.59 Å². The predicted octanol–water partition coefficient (Wildman–Crippen LogP) is 2.34. The molecule has 2 aromatic carbocycles. The number of benzene rings is 2. The van der Waals surface area contributed by atoms with Crippen molar-refractivity contribution in [3.8, 4) is 17.6 Å². The molecule has 0 atom stereocenters. The zero-order valence-corrected chi connectivity index (χ0v) is 13.8. The SMILES string of the molecule is NC(=O)c1ccccc1OCC#CCNC(=O)c1cc2ccccc2o1. The van der Waals surface area contributed by atoms with Crippen LogP contribution in [0.5, 0.6) is 5.75 Å². The number of rotatable bonds is 5. The van der Waals surface area contributed by atoms with E-state index in [-0.39, 0.29) is 24.8 Å². The summed E-state index contributed by atoms with van der Waals surface area (Å²) in [4.78, 5) is 23.3. The van der Waals surface area contributed by atoms with E-state index < -0.39 is 5.91 Å². The molecule has 1 heterocycles. The number of carbonyl (C=O) groups is 2. The molecule has 0 saturated carbocycles. The molecule has 0 aliphatic heterocycles. The molecule has 0 bridgehead atoms. The van der Waals surface area contributed by atoms with Crippen molar-refractivity contribution in [2.45, 2.75) is 0 Å². The average molecular weight is 348 g/mol. The first-order valence-electron chi connectivity index (χ1n) is 7.89. The molecule has 6 heteroatoms. The molecule has 26 heavy (non-hydrogen) atoms. The lowest BCUT2D eigenvalue weighted by Crippen LogP contribution is -2.23. The van der Waals surface area contributed by atoms with E-state index in [0.717, 1.165) is 5.39 Å². The third-order valence-corrected chi connectivity index (χ3v) is 3.56. The Hall–Kier alpha value is -3.72. The molecule has 6 nitrogen and oxygen atoms in total. The number of para-hydroxylation sites is 2. The summed E-state index contributed by atoms with van der Waals surface area (Å²) in [6.07, 6.45) is 0. The van der Waals surface area contributed by atoms with E-state index in [1.54, 1.807) is 36.4 Å². The fraction of sp³-hybridized carbons (Fsp3) is 0.100. The molecule has 0 radical (unpaired) electrons. The Morgan fingerprint density at radius 3 is 2.65 bits per heavy atom. The van der Waals surface area contributed by atoms with Crippen LogP contribution in [0.25, 0.3) is 11.0 Å². The number of carbonyl (C=O) groups excluding carboxylic acids is 2. The Morgan fingerprint density at radius 1 is 1.08 bits per heavy atom. The highest BCUT2D eigenvalue weighted by Crippen LogP contribution is 2.18. The number of amides is 2. The number of ether oxygens (including phenoxy) is 1. The molecule has 3 aromatic rings. The monoisotopic (exact) mass is 348 g/mol. The summed E-state index contributed by atoms with van der Waals surface area (Å²) in [5.74, 6) is 5.25. The van der Waals surface area contributed by atoms with Crippen molar-refractivity contribution in [1.82, 2.24) is 5.32 Å². The number of nitrogens with two attached hydrogens (primary N) is 1. The van der Waals surface area contributed by atoms with Gasteiger partial charge in [-0.15, -0.1) is 0 Å². The molecule has 130 valence electrons. The second kappa shape index (κ2) is 7.90. The van der Waals surface area contributed by atoms with Crippen molar-refractivity contribution in [1.29, 1.82) is 0 Å². The normalized spacial score (nSPS) is 10.0. The number of nitrogens with one attached hydrogen (secondary N) is 1. The van der Waals surface area contributed by atoms with Gasteiger partial charge in [-0.3, -0.25) is 9.59 Å². The van der Waals surface area contributed by atoms with Crippen LogP contribution in [0.4, 0.5) is 0 Å². The first kappa shape index (κ1) is 17.1. The minimum Gasteiger partial charge on any atom is -0.480 e. The van der Waals surface area contributed by atoms with Gasteiger partial charge in [-0.1, -0.05) is 42.2 Å². The van der Waals surface area contributed by atoms with Crippen LogP contribution in [0, 0.1) is 11.8 Å². The van der Waals surface area contributed by atoms with Crippen LogP contribution >= 0.6 is 0 Å². The second-order valence-electron chi connectivity index (χ2n) is 5.33. The summed E-state index contributed by atoms with van der Waals surface area (Å²) in [5, 5.41) is 3.52. The fourth-order valence-electron chi connectivity index (χ4n) is 2.33. The summed E-state index contributed by atoms with van der Waals surface area (Å²) < 4.78 is 10.9. The van der Waals surface area contributed by atoms with Crippen LogP contribution < -0.4 is 15.8 Å². The highest BCUT2D eigenvalue weighted by Gasteiger charge is 2.10. The number of hydrogen-bond acceptors (Lipinski definition) is 4. The first-order valence-corrected chi connectivity index (χ1v) is 7.89. The van der Waals surface area contributed by atoms with Crippen molar-refractivity contribution in [2.75, 3.05) is 13.2 Å². The van der Waals surface area contributed by atoms with Gasteiger partial charge in [0.25, 0.3) is 11.8 Å². The van der Waals surface area contributed by atoms with E-state index in [1.165, 1.54) is 0 Å². The largest absolute Gasteiger partial charge is 0.480 e. The number of fused-ring (bicyclic) bond motifs is 1. The molecule has 0 fully saturated rings. The summed E-state index contributed by atoms with van der Waals surface area (Å²) in [6, 6.07) is 15.7. The zero-order valence-electron chi connectivity index (χ0n) is 13.8. The van der Waals surface area contributed by atoms with Crippen LogP contribution in [-0.4, -0.2) is 25.0 Å². The second-order valence-corrected chi connectivity index (χ2v) is 5.33. The standard InChI is InChI=1S/C20H16N2O4/c21-19(23)15-8-2-4-10-17(15)25-12-6-5-11-22-20(24)18-13-14-7-1-3-9-16(14)26-18/h1-4,7-10,13H,11-12H2,(H2,21,23)(H,22,24). The zero-order chi connectivity index (χ0) is 18.4. The molecule has 0 aliphatic carbocycles. The van der Waals surface area contributed by atoms with Crippen molar-refractivity contribution in [3.05, 3.63) is 65.9 Å². The smallest absolute Gasteiger partial charge is 0.287 e. The van der Waals surface area contributed by atoms with Crippen molar-refractivity contribution >= 4 is 22.8 Å². The van der Waals surface area contributed by atoms with E-state index in [0.29, 0.717) is 16.9 Å². The van der Waals surface area contributed by atoms with Gasteiger partial charge < -0.3 is 20.2 Å². The Kier molecular flexibility index (Phi) is 5.20. The lowest BCUT2D eigenvalue weighted by molar-refractivity contribution is 0.0932. The van der Waals surface area contributed by atoms with Gasteiger partial charge in [0.05, 0.1) is 12.1 Å². The van der Waals surface area contributed by atoms with Gasteiger partial charge in [0, 0.05) is 5.39 Å². The summed E-state index contributed by atoms with van der Waals surface area (Å²) in [5.41, 5.74) is 6.23. The van der Waals surface area contributed by atoms with Crippen LogP contribution in [-0.2, 0) is 0 Å². The molecule has 0 saturated heterocycles. The van der Waals surface area contributed by atoms with Crippen LogP contribution in [0.3, 0.4) is 0 Å². The van der Waals surface area contributed by atoms with Gasteiger partial charge in [-0.25, -0.2) is 0 Å². The van der Waals surface area contributed by atoms with Crippen LogP contribution in [0.2, 0.25) is 0 Å². The van der Waals surface area contributed by atoms with Crippen LogP contribution in [0.15, 0.2) is 59.0 Å². The van der Waals surface area contributed by atoms with Crippen LogP contribution in [0.1, 0.15) is 20.9 Å². The van der Waals surface area contributed by atoms with Gasteiger partial charge in [0.15, 0.2) is 5.76 Å². The maximum atomic E-state index is 12.0. The van der Waals surface area contributed by atoms with E-state index in [1.807, 2.05) is 18.2 Å². The molecule has 0 unspecified atom stereocenters. The Balaban J connectivity index is 1.50. The Labute approximate surface area is 149 Å². The lowest BCUT2D eigenvalue weighted by Gasteiger charge is -2.05. The van der Waals surface area contributed by atoms with E-state index in [2.05, 4.69) is 17.2 Å². The van der Waals surface area contributed by atoms with E-state index in [4.69, 9.17) is 14.9 Å². The number of furan rings is 1. The molecule has 1 aromatic heterocycles. The van der Waals surface area contributed by atoms with Crippen molar-refractivity contribution in [3.63, 3.8) is 0 Å². The summed E-state index contributed by atoms with van der Waals surface area (Å²) >= 11 is 0. The summed E-state index contributed by atoms with van der Waals surface area (Å²) in [7, 11) is 0. The highest BCUT2D eigenvalue weighted by molar-refractivity contribution is 5.96. The van der Waals surface area contributed by atoms with Gasteiger partial charge in [0.1, 0.15) is 17.9 Å². The number of hydrogen-bond donors (Lipinski definition) is 2. The molecule has 3 rings (SSSR count). The van der Waals surface area contributed by atoms with Gasteiger partial charge in [-0.05, 0) is 24.3 Å². The Morgan fingerprint density at radius 2 is 1.85 bits per heavy atom. The van der Waals surface area contributed by atoms with Gasteiger partial charge >= 0.3 is 0 Å². The highest BCUT2D eigenvalue weighted by atomic mass is 16.5. The van der Waals surface area contributed by atoms with Crippen molar-refractivity contribution < 1.29 is 18.7 Å².